The van der Waals surface area contributed by atoms with Crippen molar-refractivity contribution < 1.29 is 18.3 Å². The van der Waals surface area contributed by atoms with Gasteiger partial charge in [-0.05, 0) is 36.2 Å². The van der Waals surface area contributed by atoms with Crippen LogP contribution in [0.5, 0.6) is 5.75 Å². The lowest BCUT2D eigenvalue weighted by Crippen LogP contribution is -2.32. The number of imidazole rings is 1. The van der Waals surface area contributed by atoms with Gasteiger partial charge < -0.3 is 15.0 Å². The summed E-state index contributed by atoms with van der Waals surface area (Å²) < 4.78 is 29.1. The lowest BCUT2D eigenvalue weighted by atomic mass is 10.0. The predicted molar refractivity (Wildman–Crippen MR) is 94.2 cm³/mol. The van der Waals surface area contributed by atoms with E-state index in [2.05, 4.69) is 20.0 Å². The second-order valence-corrected chi connectivity index (χ2v) is 6.24. The highest BCUT2D eigenvalue weighted by Crippen LogP contribution is 2.23. The Morgan fingerprint density at radius 2 is 1.92 bits per heavy atom. The largest absolute Gasteiger partial charge is 0.435 e. The first-order valence-electron chi connectivity index (χ1n) is 8.24. The molecule has 0 aliphatic heterocycles. The Kier molecular flexibility index (Phi) is 5.16. The van der Waals surface area contributed by atoms with E-state index in [1.807, 2.05) is 38.1 Å². The smallest absolute Gasteiger partial charge is 0.387 e. The van der Waals surface area contributed by atoms with Gasteiger partial charge in [-0.15, -0.1) is 0 Å². The molecule has 136 valence electrons. The number of aromatic nitrogens is 2. The number of carbonyl (C=O) groups is 1. The number of amides is 1. The number of ether oxygens (including phenoxy) is 1. The molecule has 2 N–H and O–H groups in total. The molecule has 5 nitrogen and oxygen atoms in total. The lowest BCUT2D eigenvalue weighted by molar-refractivity contribution is -0.0498. The van der Waals surface area contributed by atoms with Gasteiger partial charge in [0, 0.05) is 5.56 Å². The van der Waals surface area contributed by atoms with E-state index < -0.39 is 6.61 Å². The molecule has 0 saturated carbocycles. The van der Waals surface area contributed by atoms with Crippen LogP contribution in [-0.4, -0.2) is 22.5 Å². The third-order valence-corrected chi connectivity index (χ3v) is 3.98. The quantitative estimate of drug-likeness (QED) is 0.690. The fourth-order valence-corrected chi connectivity index (χ4v) is 2.71. The van der Waals surface area contributed by atoms with Crippen LogP contribution in [0.4, 0.5) is 8.78 Å². The van der Waals surface area contributed by atoms with Crippen molar-refractivity contribution in [2.24, 2.45) is 5.92 Å². The number of hydrogen-bond acceptors (Lipinski definition) is 3. The highest BCUT2D eigenvalue weighted by Gasteiger charge is 2.22. The maximum atomic E-state index is 12.6. The van der Waals surface area contributed by atoms with Gasteiger partial charge in [-0.2, -0.15) is 8.78 Å². The van der Waals surface area contributed by atoms with Gasteiger partial charge >= 0.3 is 6.61 Å². The van der Waals surface area contributed by atoms with Crippen LogP contribution < -0.4 is 10.1 Å². The number of nitrogens with zero attached hydrogens (tertiary/aromatic N) is 1. The molecule has 26 heavy (non-hydrogen) atoms. The Morgan fingerprint density at radius 3 is 2.62 bits per heavy atom. The fraction of sp³-hybridized carbons (Fsp3) is 0.263. The first-order chi connectivity index (χ1) is 12.4. The monoisotopic (exact) mass is 359 g/mol. The summed E-state index contributed by atoms with van der Waals surface area (Å²) in [7, 11) is 0. The number of fused-ring (bicyclic) bond motifs is 1. The van der Waals surface area contributed by atoms with Crippen molar-refractivity contribution in [3.05, 3.63) is 59.9 Å². The summed E-state index contributed by atoms with van der Waals surface area (Å²) in [5.74, 6) is 0.274. The lowest BCUT2D eigenvalue weighted by Gasteiger charge is -2.20. The SMILES string of the molecule is CC(C)C(NC(=O)c1cccc(OC(F)F)c1)c1nc2ccccc2[nH]1. The first kappa shape index (κ1) is 17.8. The van der Waals surface area contributed by atoms with E-state index in [1.54, 1.807) is 6.07 Å². The molecule has 0 fully saturated rings. The highest BCUT2D eigenvalue weighted by atomic mass is 19.3. The number of rotatable bonds is 6. The summed E-state index contributed by atoms with van der Waals surface area (Å²) >= 11 is 0. The van der Waals surface area contributed by atoms with Crippen LogP contribution in [-0.2, 0) is 0 Å². The summed E-state index contributed by atoms with van der Waals surface area (Å²) in [6.07, 6.45) is 0. The first-order valence-corrected chi connectivity index (χ1v) is 8.24. The number of para-hydroxylation sites is 2. The third-order valence-electron chi connectivity index (χ3n) is 3.98. The molecule has 0 bridgehead atoms. The van der Waals surface area contributed by atoms with Crippen LogP contribution in [0, 0.1) is 5.92 Å². The van der Waals surface area contributed by atoms with Crippen molar-refractivity contribution in [3.63, 3.8) is 0 Å². The molecule has 3 rings (SSSR count). The van der Waals surface area contributed by atoms with Gasteiger partial charge in [0.1, 0.15) is 11.6 Å². The van der Waals surface area contributed by atoms with E-state index in [9.17, 15) is 13.6 Å². The molecule has 0 aliphatic carbocycles. The van der Waals surface area contributed by atoms with Gasteiger partial charge in [0.2, 0.25) is 0 Å². The molecule has 1 atom stereocenters. The average Bonchev–Trinajstić information content (AvgIpc) is 3.02. The van der Waals surface area contributed by atoms with E-state index in [-0.39, 0.29) is 29.2 Å². The van der Waals surface area contributed by atoms with Gasteiger partial charge in [-0.25, -0.2) is 4.98 Å². The zero-order valence-electron chi connectivity index (χ0n) is 14.4. The third kappa shape index (κ3) is 3.99. The Hall–Kier alpha value is -2.96. The number of carbonyl (C=O) groups excluding carboxylic acids is 1. The zero-order valence-corrected chi connectivity index (χ0v) is 14.4. The van der Waals surface area contributed by atoms with Crippen molar-refractivity contribution in [1.82, 2.24) is 15.3 Å². The Bertz CT molecular complexity index is 875. The number of nitrogens with one attached hydrogen (secondary N) is 2. The van der Waals surface area contributed by atoms with E-state index in [1.165, 1.54) is 18.2 Å². The van der Waals surface area contributed by atoms with Gasteiger partial charge in [0.15, 0.2) is 0 Å². The molecule has 7 heteroatoms. The molecular weight excluding hydrogens is 340 g/mol. The van der Waals surface area contributed by atoms with Crippen molar-refractivity contribution in [2.75, 3.05) is 0 Å². The average molecular weight is 359 g/mol. The number of hydrogen-bond donors (Lipinski definition) is 2. The van der Waals surface area contributed by atoms with Crippen LogP contribution >= 0.6 is 0 Å². The summed E-state index contributed by atoms with van der Waals surface area (Å²) in [4.78, 5) is 20.4. The zero-order chi connectivity index (χ0) is 18.7. The van der Waals surface area contributed by atoms with Crippen molar-refractivity contribution >= 4 is 16.9 Å². The summed E-state index contributed by atoms with van der Waals surface area (Å²) in [6, 6.07) is 13.0. The van der Waals surface area contributed by atoms with Gasteiger partial charge in [-0.3, -0.25) is 4.79 Å². The maximum absolute atomic E-state index is 12.6. The molecule has 0 saturated heterocycles. The molecule has 3 aromatic rings. The molecule has 1 aromatic heterocycles. The molecular formula is C19H19F2N3O2. The van der Waals surface area contributed by atoms with E-state index >= 15 is 0 Å². The van der Waals surface area contributed by atoms with E-state index in [0.29, 0.717) is 5.82 Å². The van der Waals surface area contributed by atoms with Crippen molar-refractivity contribution in [2.45, 2.75) is 26.5 Å². The number of alkyl halides is 2. The molecule has 0 radical (unpaired) electrons. The van der Waals surface area contributed by atoms with Crippen LogP contribution in [0.3, 0.4) is 0 Å². The van der Waals surface area contributed by atoms with Gasteiger partial charge in [0.05, 0.1) is 17.1 Å². The Morgan fingerprint density at radius 1 is 1.15 bits per heavy atom. The minimum atomic E-state index is -2.94. The van der Waals surface area contributed by atoms with E-state index in [4.69, 9.17) is 0 Å². The standard InChI is InChI=1S/C19H19F2N3O2/c1-11(2)16(17-22-14-8-3-4-9-15(14)23-17)24-18(25)12-6-5-7-13(10-12)26-19(20)21/h3-11,16,19H,1-2H3,(H,22,23)(H,24,25). The van der Waals surface area contributed by atoms with Crippen molar-refractivity contribution in [1.29, 1.82) is 0 Å². The molecule has 1 unspecified atom stereocenters. The van der Waals surface area contributed by atoms with Crippen LogP contribution in [0.2, 0.25) is 0 Å². The van der Waals surface area contributed by atoms with Crippen LogP contribution in [0.25, 0.3) is 11.0 Å². The number of halogens is 2. The van der Waals surface area contributed by atoms with Gasteiger partial charge in [-0.1, -0.05) is 32.0 Å². The second kappa shape index (κ2) is 7.51. The Labute approximate surface area is 149 Å². The number of aromatic amines is 1. The fourth-order valence-electron chi connectivity index (χ4n) is 2.71. The Balaban J connectivity index is 1.83. The van der Waals surface area contributed by atoms with E-state index in [0.717, 1.165) is 11.0 Å². The number of benzene rings is 2. The summed E-state index contributed by atoms with van der Waals surface area (Å²) in [5, 5.41) is 2.91. The minimum absolute atomic E-state index is 0.0579. The predicted octanol–water partition coefficient (Wildman–Crippen LogP) is 4.29. The minimum Gasteiger partial charge on any atom is -0.435 e. The number of H-pyrrole nitrogens is 1. The summed E-state index contributed by atoms with van der Waals surface area (Å²) in [5.41, 5.74) is 1.94. The van der Waals surface area contributed by atoms with Crippen LogP contribution in [0.15, 0.2) is 48.5 Å². The second-order valence-electron chi connectivity index (χ2n) is 6.24. The molecule has 1 amide bonds. The molecule has 0 aliphatic rings. The molecule has 1 heterocycles. The topological polar surface area (TPSA) is 67.0 Å². The van der Waals surface area contributed by atoms with Crippen molar-refractivity contribution in [3.8, 4) is 5.75 Å². The molecule has 2 aromatic carbocycles. The van der Waals surface area contributed by atoms with Crippen LogP contribution in [0.1, 0.15) is 36.1 Å². The normalized spacial score (nSPS) is 12.5. The molecule has 0 spiro atoms. The maximum Gasteiger partial charge on any atom is 0.387 e. The highest BCUT2D eigenvalue weighted by molar-refractivity contribution is 5.94. The van der Waals surface area contributed by atoms with Gasteiger partial charge in [0.25, 0.3) is 5.91 Å². The summed E-state index contributed by atoms with van der Waals surface area (Å²) in [6.45, 7) is 0.996.